The molecule has 2 heteroatoms. The lowest BCUT2D eigenvalue weighted by molar-refractivity contribution is -0.0449. The SMILES string of the molecule is COc1cccc2c1[C@H]1C3CCCCN3[C@@H]2[C@H]2CCC[C@H]21. The lowest BCUT2D eigenvalue weighted by Crippen LogP contribution is -2.58. The number of rotatable bonds is 1. The molecule has 5 atom stereocenters. The Morgan fingerprint density at radius 2 is 1.95 bits per heavy atom. The molecule has 2 nitrogen and oxygen atoms in total. The fraction of sp³-hybridized carbons (Fsp3) is 0.684. The quantitative estimate of drug-likeness (QED) is 0.769. The molecule has 0 spiro atoms. The maximum atomic E-state index is 5.77. The molecule has 2 saturated heterocycles. The van der Waals surface area contributed by atoms with Gasteiger partial charge in [0, 0.05) is 23.6 Å². The van der Waals surface area contributed by atoms with Crippen LogP contribution in [0.3, 0.4) is 0 Å². The monoisotopic (exact) mass is 283 g/mol. The molecule has 1 saturated carbocycles. The van der Waals surface area contributed by atoms with Gasteiger partial charge in [0.2, 0.25) is 0 Å². The molecule has 3 fully saturated rings. The van der Waals surface area contributed by atoms with Gasteiger partial charge < -0.3 is 4.74 Å². The van der Waals surface area contributed by atoms with Gasteiger partial charge in [-0.2, -0.15) is 0 Å². The lowest BCUT2D eigenvalue weighted by Gasteiger charge is -2.59. The number of methoxy groups -OCH3 is 1. The van der Waals surface area contributed by atoms with Crippen LogP contribution in [0, 0.1) is 11.8 Å². The molecule has 5 aliphatic rings. The fourth-order valence-corrected chi connectivity index (χ4v) is 6.27. The Labute approximate surface area is 127 Å². The van der Waals surface area contributed by atoms with Crippen LogP contribution in [-0.4, -0.2) is 24.6 Å². The predicted molar refractivity (Wildman–Crippen MR) is 83.7 cm³/mol. The molecule has 0 amide bonds. The van der Waals surface area contributed by atoms with Crippen LogP contribution < -0.4 is 4.74 Å². The van der Waals surface area contributed by atoms with E-state index in [1.165, 1.54) is 45.1 Å². The van der Waals surface area contributed by atoms with E-state index in [0.717, 1.165) is 29.5 Å². The van der Waals surface area contributed by atoms with Crippen LogP contribution in [0.2, 0.25) is 0 Å². The molecule has 2 aliphatic carbocycles. The van der Waals surface area contributed by atoms with Crippen LogP contribution in [0.15, 0.2) is 18.2 Å². The van der Waals surface area contributed by atoms with E-state index in [-0.39, 0.29) is 0 Å². The first-order valence-corrected chi connectivity index (χ1v) is 8.82. The first-order valence-electron chi connectivity index (χ1n) is 8.82. The Morgan fingerprint density at radius 1 is 1.05 bits per heavy atom. The standard InChI is InChI=1S/C19H25NO/c1-21-16-10-5-8-14-18(16)17-12-6-4-7-13(12)19(14)20-11-3-2-9-15(17)20/h5,8,10,12-13,15,17,19H,2-4,6-7,9,11H2,1H3/t12-,13+,15?,17-,19-/m1/s1. The number of hydrogen-bond donors (Lipinski definition) is 0. The second-order valence-corrected chi connectivity index (χ2v) is 7.49. The highest BCUT2D eigenvalue weighted by atomic mass is 16.5. The van der Waals surface area contributed by atoms with E-state index in [1.807, 2.05) is 7.11 Å². The molecule has 3 aliphatic heterocycles. The van der Waals surface area contributed by atoms with E-state index in [4.69, 9.17) is 4.74 Å². The summed E-state index contributed by atoms with van der Waals surface area (Å²) in [6, 6.07) is 8.29. The zero-order valence-electron chi connectivity index (χ0n) is 12.9. The molecule has 3 heterocycles. The molecule has 1 aromatic carbocycles. The Hall–Kier alpha value is -1.02. The number of piperidine rings is 2. The van der Waals surface area contributed by atoms with Gasteiger partial charge in [-0.05, 0) is 55.7 Å². The Bertz CT molecular complexity index is 569. The van der Waals surface area contributed by atoms with Gasteiger partial charge in [-0.1, -0.05) is 25.0 Å². The van der Waals surface area contributed by atoms with Crippen molar-refractivity contribution in [3.8, 4) is 5.75 Å². The van der Waals surface area contributed by atoms with Crippen molar-refractivity contribution in [3.63, 3.8) is 0 Å². The molecule has 1 unspecified atom stereocenters. The topological polar surface area (TPSA) is 12.5 Å². The third-order valence-corrected chi connectivity index (χ3v) is 6.83. The highest BCUT2D eigenvalue weighted by Crippen LogP contribution is 2.64. The minimum Gasteiger partial charge on any atom is -0.496 e. The molecule has 0 radical (unpaired) electrons. The van der Waals surface area contributed by atoms with Gasteiger partial charge in [0.15, 0.2) is 0 Å². The van der Waals surface area contributed by atoms with Crippen molar-refractivity contribution in [3.05, 3.63) is 29.3 Å². The molecule has 2 bridgehead atoms. The maximum Gasteiger partial charge on any atom is 0.122 e. The van der Waals surface area contributed by atoms with Crippen LogP contribution in [0.5, 0.6) is 5.75 Å². The van der Waals surface area contributed by atoms with Crippen molar-refractivity contribution in [2.24, 2.45) is 11.8 Å². The largest absolute Gasteiger partial charge is 0.496 e. The normalized spacial score (nSPS) is 40.5. The summed E-state index contributed by atoms with van der Waals surface area (Å²) in [5.41, 5.74) is 3.21. The summed E-state index contributed by atoms with van der Waals surface area (Å²) in [6.07, 6.45) is 8.57. The summed E-state index contributed by atoms with van der Waals surface area (Å²) in [5, 5.41) is 0. The third kappa shape index (κ3) is 1.52. The molecule has 6 rings (SSSR count). The molecular formula is C19H25NO. The van der Waals surface area contributed by atoms with Crippen molar-refractivity contribution in [1.29, 1.82) is 0 Å². The van der Waals surface area contributed by atoms with Crippen molar-refractivity contribution in [1.82, 2.24) is 4.90 Å². The zero-order valence-corrected chi connectivity index (χ0v) is 12.9. The van der Waals surface area contributed by atoms with Gasteiger partial charge in [0.1, 0.15) is 5.75 Å². The number of nitrogens with zero attached hydrogens (tertiary/aromatic N) is 1. The number of benzene rings is 1. The van der Waals surface area contributed by atoms with E-state index in [2.05, 4.69) is 23.1 Å². The third-order valence-electron chi connectivity index (χ3n) is 6.83. The summed E-state index contributed by atoms with van der Waals surface area (Å²) < 4.78 is 5.77. The average molecular weight is 283 g/mol. The molecule has 21 heavy (non-hydrogen) atoms. The second kappa shape index (κ2) is 4.49. The second-order valence-electron chi connectivity index (χ2n) is 7.49. The fourth-order valence-electron chi connectivity index (χ4n) is 6.27. The minimum absolute atomic E-state index is 0.692. The average Bonchev–Trinajstić information content (AvgIpc) is 3.03. The molecular weight excluding hydrogens is 258 g/mol. The molecule has 0 N–H and O–H groups in total. The van der Waals surface area contributed by atoms with Gasteiger partial charge >= 0.3 is 0 Å². The summed E-state index contributed by atoms with van der Waals surface area (Å²) >= 11 is 0. The van der Waals surface area contributed by atoms with Crippen LogP contribution in [0.4, 0.5) is 0 Å². The van der Waals surface area contributed by atoms with Crippen LogP contribution in [0.1, 0.15) is 61.6 Å². The van der Waals surface area contributed by atoms with Gasteiger partial charge in [-0.15, -0.1) is 0 Å². The van der Waals surface area contributed by atoms with Crippen molar-refractivity contribution < 1.29 is 4.74 Å². The van der Waals surface area contributed by atoms with Crippen molar-refractivity contribution >= 4 is 0 Å². The smallest absolute Gasteiger partial charge is 0.122 e. The Kier molecular flexibility index (Phi) is 2.67. The first-order chi connectivity index (χ1) is 10.4. The highest BCUT2D eigenvalue weighted by molar-refractivity contribution is 5.50. The van der Waals surface area contributed by atoms with Gasteiger partial charge in [0.25, 0.3) is 0 Å². The van der Waals surface area contributed by atoms with E-state index < -0.39 is 0 Å². The van der Waals surface area contributed by atoms with Crippen molar-refractivity contribution in [2.45, 2.75) is 56.5 Å². The summed E-state index contributed by atoms with van der Waals surface area (Å²) in [7, 11) is 1.85. The van der Waals surface area contributed by atoms with Crippen LogP contribution in [0.25, 0.3) is 0 Å². The van der Waals surface area contributed by atoms with Gasteiger partial charge in [-0.3, -0.25) is 4.90 Å². The Morgan fingerprint density at radius 3 is 2.86 bits per heavy atom. The summed E-state index contributed by atoms with van der Waals surface area (Å²) in [4.78, 5) is 2.89. The number of hydrogen-bond acceptors (Lipinski definition) is 2. The van der Waals surface area contributed by atoms with E-state index in [1.54, 1.807) is 11.1 Å². The van der Waals surface area contributed by atoms with E-state index in [9.17, 15) is 0 Å². The predicted octanol–water partition coefficient (Wildman–Crippen LogP) is 4.12. The zero-order chi connectivity index (χ0) is 14.0. The summed E-state index contributed by atoms with van der Waals surface area (Å²) in [6.45, 7) is 1.33. The Balaban J connectivity index is 1.73. The van der Waals surface area contributed by atoms with Gasteiger partial charge in [-0.25, -0.2) is 0 Å². The molecule has 1 aromatic rings. The molecule has 0 aromatic heterocycles. The highest BCUT2D eigenvalue weighted by Gasteiger charge is 2.57. The maximum absolute atomic E-state index is 5.77. The van der Waals surface area contributed by atoms with E-state index >= 15 is 0 Å². The van der Waals surface area contributed by atoms with Gasteiger partial charge in [0.05, 0.1) is 7.11 Å². The van der Waals surface area contributed by atoms with E-state index in [0.29, 0.717) is 6.04 Å². The molecule has 112 valence electrons. The number of ether oxygens (including phenoxy) is 1. The van der Waals surface area contributed by atoms with Crippen molar-refractivity contribution in [2.75, 3.05) is 13.7 Å². The minimum atomic E-state index is 0.692. The van der Waals surface area contributed by atoms with Crippen LogP contribution >= 0.6 is 0 Å². The summed E-state index contributed by atoms with van der Waals surface area (Å²) in [5.74, 6) is 3.76. The first kappa shape index (κ1) is 12.5. The van der Waals surface area contributed by atoms with Crippen LogP contribution in [-0.2, 0) is 0 Å². The lowest BCUT2D eigenvalue weighted by atomic mass is 9.59.